The molecule has 4 rings (SSSR count). The number of hydrogen-bond acceptors (Lipinski definition) is 4. The zero-order valence-corrected chi connectivity index (χ0v) is 20.4. The van der Waals surface area contributed by atoms with E-state index in [-0.39, 0.29) is 10.8 Å². The van der Waals surface area contributed by atoms with E-state index in [1.54, 1.807) is 28.9 Å². The monoisotopic (exact) mass is 494 g/mol. The van der Waals surface area contributed by atoms with Crippen molar-refractivity contribution in [2.75, 3.05) is 10.0 Å². The second-order valence-electron chi connectivity index (χ2n) is 7.88. The Balaban J connectivity index is 1.51. The number of aryl methyl sites for hydroxylation is 2. The number of carbonyl (C=O) groups excluding carboxylic acids is 1. The molecule has 0 spiro atoms. The molecule has 0 saturated heterocycles. The van der Waals surface area contributed by atoms with Gasteiger partial charge in [0.2, 0.25) is 0 Å². The van der Waals surface area contributed by atoms with Gasteiger partial charge in [-0.05, 0) is 81.4 Å². The molecule has 174 valence electrons. The standard InChI is InChI=1S/C25H23ClN4O3S/c1-16-4-12-22(13-5-16)30-18(3)24(17(2)28-30)27-25(31)19-6-14-23(15-7-19)34(32,33)29-21-10-8-20(26)9-11-21/h4-15,29H,1-3H3,(H,27,31). The highest BCUT2D eigenvalue weighted by atomic mass is 35.5. The third-order valence-corrected chi connectivity index (χ3v) is 6.98. The Bertz CT molecular complexity index is 1440. The minimum Gasteiger partial charge on any atom is -0.319 e. The van der Waals surface area contributed by atoms with Crippen LogP contribution in [0.5, 0.6) is 0 Å². The summed E-state index contributed by atoms with van der Waals surface area (Å²) in [5.74, 6) is -0.357. The molecule has 0 aliphatic heterocycles. The maximum atomic E-state index is 12.9. The number of nitrogens with zero attached hydrogens (tertiary/aromatic N) is 2. The number of anilines is 2. The van der Waals surface area contributed by atoms with Crippen LogP contribution in [-0.2, 0) is 10.0 Å². The molecule has 0 aliphatic rings. The zero-order valence-electron chi connectivity index (χ0n) is 18.8. The molecular weight excluding hydrogens is 472 g/mol. The summed E-state index contributed by atoms with van der Waals surface area (Å²) in [6.07, 6.45) is 0. The molecule has 9 heteroatoms. The lowest BCUT2D eigenvalue weighted by Crippen LogP contribution is -2.15. The summed E-state index contributed by atoms with van der Waals surface area (Å²) < 4.78 is 29.6. The summed E-state index contributed by atoms with van der Waals surface area (Å²) in [5, 5.41) is 7.96. The number of amides is 1. The summed E-state index contributed by atoms with van der Waals surface area (Å²) in [6.45, 7) is 5.72. The van der Waals surface area contributed by atoms with Crippen LogP contribution in [-0.4, -0.2) is 24.1 Å². The molecule has 2 N–H and O–H groups in total. The van der Waals surface area contributed by atoms with Crippen LogP contribution in [0.2, 0.25) is 5.02 Å². The molecule has 4 aromatic rings. The van der Waals surface area contributed by atoms with Crippen molar-refractivity contribution in [3.05, 3.63) is 100 Å². The first kappa shape index (κ1) is 23.5. The summed E-state index contributed by atoms with van der Waals surface area (Å²) in [5.41, 5.74) is 4.85. The lowest BCUT2D eigenvalue weighted by molar-refractivity contribution is 0.102. The number of benzene rings is 3. The number of halogens is 1. The molecule has 7 nitrogen and oxygen atoms in total. The number of aromatic nitrogens is 2. The van der Waals surface area contributed by atoms with Crippen LogP contribution in [0.3, 0.4) is 0 Å². The fraction of sp³-hybridized carbons (Fsp3) is 0.120. The Morgan fingerprint density at radius 2 is 1.50 bits per heavy atom. The van der Waals surface area contributed by atoms with Crippen molar-refractivity contribution >= 4 is 38.9 Å². The normalized spacial score (nSPS) is 11.3. The molecule has 3 aromatic carbocycles. The van der Waals surface area contributed by atoms with Crippen molar-refractivity contribution in [2.45, 2.75) is 25.7 Å². The van der Waals surface area contributed by atoms with Gasteiger partial charge >= 0.3 is 0 Å². The Labute approximate surface area is 203 Å². The Hall–Kier alpha value is -3.62. The average molecular weight is 495 g/mol. The average Bonchev–Trinajstić information content (AvgIpc) is 3.09. The van der Waals surface area contributed by atoms with E-state index in [2.05, 4.69) is 15.1 Å². The van der Waals surface area contributed by atoms with Gasteiger partial charge in [-0.25, -0.2) is 13.1 Å². The summed E-state index contributed by atoms with van der Waals surface area (Å²) in [7, 11) is -3.81. The fourth-order valence-corrected chi connectivity index (χ4v) is 4.65. The topological polar surface area (TPSA) is 93.1 Å². The molecule has 0 atom stereocenters. The van der Waals surface area contributed by atoms with Gasteiger partial charge < -0.3 is 5.32 Å². The predicted molar refractivity (Wildman–Crippen MR) is 134 cm³/mol. The third kappa shape index (κ3) is 4.98. The highest BCUT2D eigenvalue weighted by Gasteiger charge is 2.18. The van der Waals surface area contributed by atoms with E-state index in [1.807, 2.05) is 45.0 Å². The van der Waals surface area contributed by atoms with E-state index < -0.39 is 10.0 Å². The molecule has 1 aromatic heterocycles. The van der Waals surface area contributed by atoms with Gasteiger partial charge in [0, 0.05) is 16.3 Å². The second-order valence-corrected chi connectivity index (χ2v) is 10.0. The molecule has 0 fully saturated rings. The quantitative estimate of drug-likeness (QED) is 0.370. The van der Waals surface area contributed by atoms with Crippen molar-refractivity contribution in [2.24, 2.45) is 0 Å². The number of hydrogen-bond donors (Lipinski definition) is 2. The summed E-state index contributed by atoms with van der Waals surface area (Å²) in [6, 6.07) is 20.0. The van der Waals surface area contributed by atoms with Gasteiger partial charge in [0.15, 0.2) is 0 Å². The van der Waals surface area contributed by atoms with Gasteiger partial charge in [-0.2, -0.15) is 5.10 Å². The van der Waals surface area contributed by atoms with Crippen molar-refractivity contribution in [3.8, 4) is 5.69 Å². The minimum absolute atomic E-state index is 0.0403. The van der Waals surface area contributed by atoms with Crippen LogP contribution in [0.1, 0.15) is 27.3 Å². The first-order valence-electron chi connectivity index (χ1n) is 10.5. The van der Waals surface area contributed by atoms with E-state index in [1.165, 1.54) is 24.3 Å². The highest BCUT2D eigenvalue weighted by Crippen LogP contribution is 2.24. The molecule has 0 unspecified atom stereocenters. The van der Waals surface area contributed by atoms with Crippen LogP contribution in [0.15, 0.2) is 77.7 Å². The van der Waals surface area contributed by atoms with Gasteiger partial charge in [-0.15, -0.1) is 0 Å². The van der Waals surface area contributed by atoms with Crippen LogP contribution in [0, 0.1) is 20.8 Å². The summed E-state index contributed by atoms with van der Waals surface area (Å²) in [4.78, 5) is 12.9. The molecule has 1 heterocycles. The van der Waals surface area contributed by atoms with Crippen LogP contribution in [0.4, 0.5) is 11.4 Å². The lowest BCUT2D eigenvalue weighted by Gasteiger charge is -2.10. The summed E-state index contributed by atoms with van der Waals surface area (Å²) >= 11 is 5.84. The van der Waals surface area contributed by atoms with E-state index in [4.69, 9.17) is 11.6 Å². The largest absolute Gasteiger partial charge is 0.319 e. The van der Waals surface area contributed by atoms with Crippen LogP contribution >= 0.6 is 11.6 Å². The van der Waals surface area contributed by atoms with Crippen molar-refractivity contribution < 1.29 is 13.2 Å². The molecule has 0 saturated carbocycles. The molecule has 0 bridgehead atoms. The maximum Gasteiger partial charge on any atom is 0.261 e. The lowest BCUT2D eigenvalue weighted by atomic mass is 10.2. The molecular formula is C25H23ClN4O3S. The zero-order chi connectivity index (χ0) is 24.5. The van der Waals surface area contributed by atoms with Crippen LogP contribution in [0.25, 0.3) is 5.69 Å². The number of rotatable bonds is 6. The maximum absolute atomic E-state index is 12.9. The SMILES string of the molecule is Cc1ccc(-n2nc(C)c(NC(=O)c3ccc(S(=O)(=O)Nc4ccc(Cl)cc4)cc3)c2C)cc1. The van der Waals surface area contributed by atoms with Crippen molar-refractivity contribution in [3.63, 3.8) is 0 Å². The van der Waals surface area contributed by atoms with Crippen LogP contribution < -0.4 is 10.0 Å². The van der Waals surface area contributed by atoms with Gasteiger partial charge in [0.25, 0.3) is 15.9 Å². The van der Waals surface area contributed by atoms with E-state index in [0.717, 1.165) is 16.9 Å². The Kier molecular flexibility index (Phi) is 6.45. The molecule has 0 aliphatic carbocycles. The highest BCUT2D eigenvalue weighted by molar-refractivity contribution is 7.92. The first-order valence-corrected chi connectivity index (χ1v) is 12.3. The number of carbonyl (C=O) groups is 1. The Morgan fingerprint density at radius 3 is 2.12 bits per heavy atom. The number of sulfonamides is 1. The molecule has 34 heavy (non-hydrogen) atoms. The van der Waals surface area contributed by atoms with Crippen molar-refractivity contribution in [1.29, 1.82) is 0 Å². The van der Waals surface area contributed by atoms with Crippen molar-refractivity contribution in [1.82, 2.24) is 9.78 Å². The van der Waals surface area contributed by atoms with E-state index >= 15 is 0 Å². The molecule has 1 amide bonds. The molecule has 0 radical (unpaired) electrons. The van der Waals surface area contributed by atoms with Gasteiger partial charge in [0.05, 0.1) is 27.7 Å². The fourth-order valence-electron chi connectivity index (χ4n) is 3.46. The van der Waals surface area contributed by atoms with Gasteiger partial charge in [-0.3, -0.25) is 9.52 Å². The number of nitrogens with one attached hydrogen (secondary N) is 2. The van der Waals surface area contributed by atoms with E-state index in [0.29, 0.717) is 27.7 Å². The third-order valence-electron chi connectivity index (χ3n) is 5.33. The Morgan fingerprint density at radius 1 is 0.882 bits per heavy atom. The predicted octanol–water partition coefficient (Wildman–Crippen LogP) is 5.50. The van der Waals surface area contributed by atoms with E-state index in [9.17, 15) is 13.2 Å². The smallest absolute Gasteiger partial charge is 0.261 e. The second kappa shape index (κ2) is 9.32. The minimum atomic E-state index is -3.81. The van der Waals surface area contributed by atoms with Gasteiger partial charge in [0.1, 0.15) is 0 Å². The first-order chi connectivity index (χ1) is 16.1. The van der Waals surface area contributed by atoms with Gasteiger partial charge in [-0.1, -0.05) is 29.3 Å².